The van der Waals surface area contributed by atoms with Crippen molar-refractivity contribution in [3.63, 3.8) is 0 Å². The smallest absolute Gasteiger partial charge is 0.410 e. The summed E-state index contributed by atoms with van der Waals surface area (Å²) in [6.45, 7) is 17.0. The van der Waals surface area contributed by atoms with Crippen LogP contribution in [-0.4, -0.2) is 75.0 Å². The summed E-state index contributed by atoms with van der Waals surface area (Å²) in [5, 5.41) is 3.06. The molecular formula is C46H57N3O8Si. The van der Waals surface area contributed by atoms with Crippen molar-refractivity contribution in [1.29, 1.82) is 0 Å². The van der Waals surface area contributed by atoms with E-state index in [9.17, 15) is 19.2 Å². The van der Waals surface area contributed by atoms with Crippen LogP contribution in [0.4, 0.5) is 10.5 Å². The molecule has 0 saturated carbocycles. The molecule has 5 rings (SSSR count). The van der Waals surface area contributed by atoms with Crippen molar-refractivity contribution in [2.24, 2.45) is 0 Å². The Morgan fingerprint density at radius 1 is 0.810 bits per heavy atom. The molecule has 0 spiro atoms. The van der Waals surface area contributed by atoms with Crippen molar-refractivity contribution in [3.05, 3.63) is 125 Å². The van der Waals surface area contributed by atoms with E-state index < -0.39 is 38.1 Å². The van der Waals surface area contributed by atoms with Gasteiger partial charge < -0.3 is 33.8 Å². The third kappa shape index (κ3) is 11.5. The summed E-state index contributed by atoms with van der Waals surface area (Å²) in [6, 6.07) is 29.6. The second-order valence-electron chi connectivity index (χ2n) is 17.2. The van der Waals surface area contributed by atoms with Crippen LogP contribution in [0.15, 0.2) is 103 Å². The molecular weight excluding hydrogens is 751 g/mol. The summed E-state index contributed by atoms with van der Waals surface area (Å²) in [7, 11) is -0.423. The Hall–Kier alpha value is -5.62. The van der Waals surface area contributed by atoms with Crippen LogP contribution in [0.2, 0.25) is 18.1 Å². The zero-order valence-corrected chi connectivity index (χ0v) is 36.2. The Labute approximate surface area is 343 Å². The Balaban J connectivity index is 1.29. The van der Waals surface area contributed by atoms with Gasteiger partial charge in [0.25, 0.3) is 11.8 Å². The van der Waals surface area contributed by atoms with Crippen molar-refractivity contribution >= 4 is 37.9 Å². The van der Waals surface area contributed by atoms with E-state index in [0.717, 1.165) is 5.56 Å². The molecule has 0 aliphatic carbocycles. The molecule has 308 valence electrons. The minimum Gasteiger partial charge on any atom is -0.544 e. The van der Waals surface area contributed by atoms with Gasteiger partial charge >= 0.3 is 12.1 Å². The van der Waals surface area contributed by atoms with Gasteiger partial charge in [0.05, 0.1) is 17.2 Å². The average molecular weight is 808 g/mol. The molecule has 58 heavy (non-hydrogen) atoms. The molecule has 1 aliphatic heterocycles. The number of para-hydroxylation sites is 1. The van der Waals surface area contributed by atoms with Crippen molar-refractivity contribution in [3.8, 4) is 11.5 Å². The van der Waals surface area contributed by atoms with Gasteiger partial charge in [-0.15, -0.1) is 0 Å². The highest BCUT2D eigenvalue weighted by molar-refractivity contribution is 6.74. The zero-order chi connectivity index (χ0) is 42.3. The van der Waals surface area contributed by atoms with E-state index >= 15 is 0 Å². The number of esters is 1. The van der Waals surface area contributed by atoms with E-state index in [4.69, 9.17) is 18.6 Å². The first-order valence-corrected chi connectivity index (χ1v) is 22.6. The molecule has 1 heterocycles. The van der Waals surface area contributed by atoms with Gasteiger partial charge in [-0.05, 0) is 118 Å². The number of benzene rings is 4. The van der Waals surface area contributed by atoms with E-state index in [1.807, 2.05) is 36.4 Å². The third-order valence-electron chi connectivity index (χ3n) is 10.5. The van der Waals surface area contributed by atoms with Crippen LogP contribution in [0, 0.1) is 0 Å². The monoisotopic (exact) mass is 807 g/mol. The predicted octanol–water partition coefficient (Wildman–Crippen LogP) is 9.28. The van der Waals surface area contributed by atoms with Crippen LogP contribution >= 0.6 is 0 Å². The molecule has 1 saturated heterocycles. The minimum absolute atomic E-state index is 0.0119. The second-order valence-corrected chi connectivity index (χ2v) is 21.9. The lowest BCUT2D eigenvalue weighted by Crippen LogP contribution is -2.51. The third-order valence-corrected chi connectivity index (χ3v) is 14.8. The number of carbonyl (C=O) groups is 4. The number of anilines is 1. The molecule has 11 nitrogen and oxygen atoms in total. The van der Waals surface area contributed by atoms with E-state index in [2.05, 4.69) is 39.2 Å². The van der Waals surface area contributed by atoms with Crippen molar-refractivity contribution in [2.45, 2.75) is 96.9 Å². The van der Waals surface area contributed by atoms with Crippen LogP contribution < -0.4 is 19.4 Å². The molecule has 4 aromatic carbocycles. The number of carbonyl (C=O) groups excluding carboxylic acids is 4. The number of rotatable bonds is 11. The van der Waals surface area contributed by atoms with Crippen LogP contribution in [0.1, 0.15) is 91.0 Å². The second kappa shape index (κ2) is 18.3. The highest BCUT2D eigenvalue weighted by atomic mass is 28.4. The SMILES string of the molecule is CN(C(=O)c1ccccc1OCc1ccccc1)c1ccc(C(=O)O[C@@H]2CCCN(C(=O)OC(C)(C)C)C[C@H]2NC(=O)c2ccc(O[Si](C)(C)C(C)(C)C)cc2)cc1. The molecule has 0 unspecified atom stereocenters. The maximum atomic E-state index is 13.7. The first-order valence-electron chi connectivity index (χ1n) is 19.7. The average Bonchev–Trinajstić information content (AvgIpc) is 3.37. The summed E-state index contributed by atoms with van der Waals surface area (Å²) in [5.74, 6) is -0.0863. The Morgan fingerprint density at radius 2 is 1.43 bits per heavy atom. The standard InChI is InChI=1S/C46H57N3O8Si/c1-45(2,3)56-44(53)49-29-15-20-40(38(30-49)47-41(50)33-23-27-36(28-24-33)57-58(8,9)46(4,5)6)55-43(52)34-21-25-35(26-22-34)48(7)42(51)37-18-13-14-19-39(37)54-31-32-16-11-10-12-17-32/h10-14,16-19,21-28,38,40H,15,20,29-31H2,1-9H3,(H,47,50)/t38-,40-/m1/s1. The number of likely N-dealkylation sites (tertiary alicyclic amines) is 1. The molecule has 2 atom stereocenters. The largest absolute Gasteiger partial charge is 0.544 e. The lowest BCUT2D eigenvalue weighted by Gasteiger charge is -2.36. The molecule has 4 aromatic rings. The molecule has 3 amide bonds. The van der Waals surface area contributed by atoms with Gasteiger partial charge in [0.2, 0.25) is 8.32 Å². The summed E-state index contributed by atoms with van der Waals surface area (Å²) in [5.41, 5.74) is 1.91. The maximum Gasteiger partial charge on any atom is 0.410 e. The quantitative estimate of drug-likeness (QED) is 0.118. The number of ether oxygens (including phenoxy) is 3. The molecule has 1 fully saturated rings. The maximum absolute atomic E-state index is 13.7. The number of amides is 3. The van der Waals surface area contributed by atoms with Crippen LogP contribution in [0.3, 0.4) is 0 Å². The van der Waals surface area contributed by atoms with E-state index in [1.165, 1.54) is 4.90 Å². The van der Waals surface area contributed by atoms with Crippen molar-refractivity contribution < 1.29 is 37.8 Å². The summed E-state index contributed by atoms with van der Waals surface area (Å²) >= 11 is 0. The van der Waals surface area contributed by atoms with Crippen LogP contribution in [0.5, 0.6) is 11.5 Å². The molecule has 0 aromatic heterocycles. The van der Waals surface area contributed by atoms with Crippen LogP contribution in [0.25, 0.3) is 0 Å². The molecule has 0 radical (unpaired) electrons. The van der Waals surface area contributed by atoms with E-state index in [-0.39, 0.29) is 29.0 Å². The first-order chi connectivity index (χ1) is 27.3. The molecule has 1 N–H and O–H groups in total. The van der Waals surface area contributed by atoms with Gasteiger partial charge in [-0.3, -0.25) is 9.59 Å². The van der Waals surface area contributed by atoms with Gasteiger partial charge in [-0.25, -0.2) is 9.59 Å². The van der Waals surface area contributed by atoms with Gasteiger partial charge in [0, 0.05) is 31.4 Å². The van der Waals surface area contributed by atoms with E-state index in [1.54, 1.807) is 99.4 Å². The van der Waals surface area contributed by atoms with Gasteiger partial charge in [0.1, 0.15) is 29.8 Å². The lowest BCUT2D eigenvalue weighted by atomic mass is 10.1. The van der Waals surface area contributed by atoms with Gasteiger partial charge in [-0.2, -0.15) is 0 Å². The highest BCUT2D eigenvalue weighted by Gasteiger charge is 2.39. The predicted molar refractivity (Wildman–Crippen MR) is 228 cm³/mol. The molecule has 0 bridgehead atoms. The Morgan fingerprint density at radius 3 is 2.07 bits per heavy atom. The van der Waals surface area contributed by atoms with Gasteiger partial charge in [-0.1, -0.05) is 63.2 Å². The number of nitrogens with one attached hydrogen (secondary N) is 1. The number of hydrogen-bond donors (Lipinski definition) is 1. The lowest BCUT2D eigenvalue weighted by molar-refractivity contribution is 0.0127. The fourth-order valence-electron chi connectivity index (χ4n) is 6.11. The highest BCUT2D eigenvalue weighted by Crippen LogP contribution is 2.37. The normalized spacial score (nSPS) is 16.1. The summed E-state index contributed by atoms with van der Waals surface area (Å²) in [6.07, 6.45) is -0.339. The Bertz CT molecular complexity index is 2040. The van der Waals surface area contributed by atoms with Crippen molar-refractivity contribution in [2.75, 3.05) is 25.0 Å². The number of nitrogens with zero attached hydrogens (tertiary/aromatic N) is 2. The number of hydrogen-bond acceptors (Lipinski definition) is 8. The minimum atomic E-state index is -2.08. The van der Waals surface area contributed by atoms with Crippen LogP contribution in [-0.2, 0) is 16.1 Å². The van der Waals surface area contributed by atoms with Crippen molar-refractivity contribution in [1.82, 2.24) is 10.2 Å². The van der Waals surface area contributed by atoms with E-state index in [0.29, 0.717) is 54.3 Å². The fraction of sp³-hybridized carbons (Fsp3) is 0.391. The van der Waals surface area contributed by atoms with Gasteiger partial charge in [0.15, 0.2) is 0 Å². The topological polar surface area (TPSA) is 124 Å². The summed E-state index contributed by atoms with van der Waals surface area (Å²) in [4.78, 5) is 57.3. The zero-order valence-electron chi connectivity index (χ0n) is 35.2. The molecule has 12 heteroatoms. The summed E-state index contributed by atoms with van der Waals surface area (Å²) < 4.78 is 24.2. The molecule has 1 aliphatic rings. The first kappa shape index (κ1) is 43.5. The fourth-order valence-corrected chi connectivity index (χ4v) is 7.14. The Kier molecular flexibility index (Phi) is 13.7.